The Kier molecular flexibility index (Phi) is 9.78. The predicted molar refractivity (Wildman–Crippen MR) is 145 cm³/mol. The number of alkyl halides is 6. The molecule has 236 valence electrons. The lowest BCUT2D eigenvalue weighted by atomic mass is 9.91. The quantitative estimate of drug-likeness (QED) is 0.310. The third kappa shape index (κ3) is 7.45. The second-order valence-electron chi connectivity index (χ2n) is 10.2. The maximum absolute atomic E-state index is 14.7. The molecule has 1 aliphatic heterocycles. The van der Waals surface area contributed by atoms with Gasteiger partial charge in [0.05, 0.1) is 5.69 Å². The number of halogens is 7. The standard InChI is InChI=1S/C29H28F7N5O3/c30-23-17-21(3-6-24(23)39-26(43)38-12-9-19-7-10-37-11-8-19)25(42)41-15-13-40(14-16-41)18-20-1-4-22(5-2-20)27(44,28(31,32)33)29(34,35)36/h1-8,10-11,17,44H,9,12-16,18H2,(H2,38,39,43). The molecule has 0 bridgehead atoms. The SMILES string of the molecule is O=C(NCCc1ccncc1)Nc1ccc(C(=O)N2CCN(Cc3ccc(C(O)(C(F)(F)F)C(F)(F)F)cc3)CC2)cc1F. The molecule has 1 aliphatic rings. The molecule has 15 heteroatoms. The number of hydrogen-bond acceptors (Lipinski definition) is 5. The minimum atomic E-state index is -5.97. The third-order valence-electron chi connectivity index (χ3n) is 7.17. The van der Waals surface area contributed by atoms with E-state index in [-0.39, 0.29) is 30.9 Å². The van der Waals surface area contributed by atoms with E-state index >= 15 is 0 Å². The lowest BCUT2D eigenvalue weighted by Crippen LogP contribution is -2.53. The molecule has 8 nitrogen and oxygen atoms in total. The van der Waals surface area contributed by atoms with Gasteiger partial charge in [0.1, 0.15) is 5.82 Å². The number of hydrogen-bond donors (Lipinski definition) is 3. The van der Waals surface area contributed by atoms with Gasteiger partial charge < -0.3 is 20.6 Å². The van der Waals surface area contributed by atoms with E-state index in [0.29, 0.717) is 43.8 Å². The molecule has 2 heterocycles. The maximum Gasteiger partial charge on any atom is 0.430 e. The molecule has 3 amide bonds. The first-order valence-electron chi connectivity index (χ1n) is 13.4. The summed E-state index contributed by atoms with van der Waals surface area (Å²) in [6.07, 6.45) is -8.11. The minimum Gasteiger partial charge on any atom is -0.369 e. The molecule has 2 aromatic carbocycles. The van der Waals surface area contributed by atoms with Crippen molar-refractivity contribution < 1.29 is 45.4 Å². The number of anilines is 1. The number of nitrogens with zero attached hydrogens (tertiary/aromatic N) is 3. The van der Waals surface area contributed by atoms with Gasteiger partial charge in [0, 0.05) is 62.8 Å². The van der Waals surface area contributed by atoms with Crippen LogP contribution < -0.4 is 10.6 Å². The van der Waals surface area contributed by atoms with Crippen molar-refractivity contribution in [2.24, 2.45) is 0 Å². The van der Waals surface area contributed by atoms with Crippen molar-refractivity contribution >= 4 is 17.6 Å². The monoisotopic (exact) mass is 627 g/mol. The highest BCUT2D eigenvalue weighted by Gasteiger charge is 2.71. The van der Waals surface area contributed by atoms with Crippen LogP contribution in [0.3, 0.4) is 0 Å². The van der Waals surface area contributed by atoms with Gasteiger partial charge in [-0.05, 0) is 47.9 Å². The Morgan fingerprint density at radius 3 is 2.02 bits per heavy atom. The summed E-state index contributed by atoms with van der Waals surface area (Å²) in [5.41, 5.74) is -5.00. The van der Waals surface area contributed by atoms with Crippen LogP contribution in [0, 0.1) is 5.82 Å². The summed E-state index contributed by atoms with van der Waals surface area (Å²) in [5.74, 6) is -1.25. The van der Waals surface area contributed by atoms with Gasteiger partial charge in [-0.3, -0.25) is 14.7 Å². The van der Waals surface area contributed by atoms with E-state index in [0.717, 1.165) is 23.8 Å². The molecule has 1 saturated heterocycles. The van der Waals surface area contributed by atoms with Crippen LogP contribution in [0.4, 0.5) is 41.2 Å². The van der Waals surface area contributed by atoms with E-state index in [2.05, 4.69) is 15.6 Å². The summed E-state index contributed by atoms with van der Waals surface area (Å²) in [6.45, 7) is 1.64. The molecule has 4 rings (SSSR count). The number of urea groups is 1. The van der Waals surface area contributed by atoms with Crippen molar-refractivity contribution in [1.82, 2.24) is 20.1 Å². The average Bonchev–Trinajstić information content (AvgIpc) is 2.97. The molecule has 0 atom stereocenters. The van der Waals surface area contributed by atoms with Gasteiger partial charge in [-0.25, -0.2) is 9.18 Å². The van der Waals surface area contributed by atoms with Crippen LogP contribution in [-0.2, 0) is 18.6 Å². The first-order valence-corrected chi connectivity index (χ1v) is 13.4. The van der Waals surface area contributed by atoms with Crippen LogP contribution in [0.25, 0.3) is 0 Å². The number of aromatic nitrogens is 1. The average molecular weight is 628 g/mol. The van der Waals surface area contributed by atoms with Gasteiger partial charge in [0.25, 0.3) is 11.5 Å². The summed E-state index contributed by atoms with van der Waals surface area (Å²) in [7, 11) is 0. The van der Waals surface area contributed by atoms with Crippen molar-refractivity contribution in [1.29, 1.82) is 0 Å². The number of aliphatic hydroxyl groups is 1. The van der Waals surface area contributed by atoms with E-state index in [1.54, 1.807) is 12.4 Å². The molecular formula is C29H28F7N5O3. The molecule has 3 N–H and O–H groups in total. The number of benzene rings is 2. The number of nitrogens with one attached hydrogen (secondary N) is 2. The number of amides is 3. The van der Waals surface area contributed by atoms with Crippen LogP contribution in [0.15, 0.2) is 67.0 Å². The molecule has 3 aromatic rings. The lowest BCUT2D eigenvalue weighted by molar-refractivity contribution is -0.376. The fourth-order valence-corrected chi connectivity index (χ4v) is 4.68. The van der Waals surface area contributed by atoms with Crippen LogP contribution in [-0.4, -0.2) is 76.9 Å². The zero-order chi connectivity index (χ0) is 32.1. The highest BCUT2D eigenvalue weighted by molar-refractivity contribution is 5.95. The Hall–Kier alpha value is -4.24. The summed E-state index contributed by atoms with van der Waals surface area (Å²) in [6, 6.07) is 10.0. The van der Waals surface area contributed by atoms with E-state index in [1.807, 2.05) is 17.0 Å². The molecule has 0 saturated carbocycles. The van der Waals surface area contributed by atoms with E-state index in [9.17, 15) is 45.4 Å². The first-order chi connectivity index (χ1) is 20.7. The molecular weight excluding hydrogens is 599 g/mol. The minimum absolute atomic E-state index is 0.0667. The second-order valence-corrected chi connectivity index (χ2v) is 10.2. The summed E-state index contributed by atoms with van der Waals surface area (Å²) in [4.78, 5) is 32.3. The van der Waals surface area contributed by atoms with Gasteiger partial charge in [-0.2, -0.15) is 26.3 Å². The molecule has 0 aliphatic carbocycles. The van der Waals surface area contributed by atoms with Crippen molar-refractivity contribution in [3.63, 3.8) is 0 Å². The number of carbonyl (C=O) groups is 2. The highest BCUT2D eigenvalue weighted by atomic mass is 19.4. The largest absolute Gasteiger partial charge is 0.430 e. The van der Waals surface area contributed by atoms with Crippen molar-refractivity contribution in [2.75, 3.05) is 38.0 Å². The number of rotatable bonds is 8. The van der Waals surface area contributed by atoms with Crippen LogP contribution in [0.2, 0.25) is 0 Å². The maximum atomic E-state index is 14.7. The van der Waals surface area contributed by atoms with E-state index in [4.69, 9.17) is 0 Å². The van der Waals surface area contributed by atoms with Gasteiger partial charge in [-0.1, -0.05) is 24.3 Å². The second kappa shape index (κ2) is 13.2. The topological polar surface area (TPSA) is 97.8 Å². The van der Waals surface area contributed by atoms with Crippen LogP contribution in [0.5, 0.6) is 0 Å². The summed E-state index contributed by atoms with van der Waals surface area (Å²) >= 11 is 0. The summed E-state index contributed by atoms with van der Waals surface area (Å²) < 4.78 is 93.4. The van der Waals surface area contributed by atoms with E-state index in [1.165, 1.54) is 17.0 Å². The molecule has 1 fully saturated rings. The van der Waals surface area contributed by atoms with Gasteiger partial charge >= 0.3 is 18.4 Å². The van der Waals surface area contributed by atoms with Gasteiger partial charge in [0.15, 0.2) is 0 Å². The molecule has 44 heavy (non-hydrogen) atoms. The van der Waals surface area contributed by atoms with Gasteiger partial charge in [0.2, 0.25) is 0 Å². The van der Waals surface area contributed by atoms with Crippen LogP contribution in [0.1, 0.15) is 27.0 Å². The highest BCUT2D eigenvalue weighted by Crippen LogP contribution is 2.50. The lowest BCUT2D eigenvalue weighted by Gasteiger charge is -2.35. The normalized spacial score (nSPS) is 14.8. The zero-order valence-corrected chi connectivity index (χ0v) is 23.1. The molecule has 1 aromatic heterocycles. The smallest absolute Gasteiger partial charge is 0.369 e. The van der Waals surface area contributed by atoms with Gasteiger partial charge in [-0.15, -0.1) is 0 Å². The van der Waals surface area contributed by atoms with Crippen molar-refractivity contribution in [3.8, 4) is 0 Å². The predicted octanol–water partition coefficient (Wildman–Crippen LogP) is 4.86. The number of piperazine rings is 1. The summed E-state index contributed by atoms with van der Waals surface area (Å²) in [5, 5.41) is 14.6. The van der Waals surface area contributed by atoms with Crippen molar-refractivity contribution in [2.45, 2.75) is 30.9 Å². The zero-order valence-electron chi connectivity index (χ0n) is 23.1. The Labute approximate surface area is 247 Å². The first kappa shape index (κ1) is 32.7. The molecule has 0 spiro atoms. The fourth-order valence-electron chi connectivity index (χ4n) is 4.68. The van der Waals surface area contributed by atoms with E-state index < -0.39 is 41.3 Å². The number of carbonyl (C=O) groups excluding carboxylic acids is 2. The van der Waals surface area contributed by atoms with Crippen LogP contribution >= 0.6 is 0 Å². The Balaban J connectivity index is 1.27. The fraction of sp³-hybridized carbons (Fsp3) is 0.345. The Morgan fingerprint density at radius 1 is 0.841 bits per heavy atom. The Bertz CT molecular complexity index is 1430. The van der Waals surface area contributed by atoms with Crippen molar-refractivity contribution in [3.05, 3.63) is 95.1 Å². The third-order valence-corrected chi connectivity index (χ3v) is 7.17. The Morgan fingerprint density at radius 2 is 1.45 bits per heavy atom. The molecule has 0 radical (unpaired) electrons. The molecule has 0 unspecified atom stereocenters. The number of pyridine rings is 1.